The van der Waals surface area contributed by atoms with Gasteiger partial charge in [0.1, 0.15) is 11.3 Å². The molecule has 1 fully saturated rings. The molecule has 0 atom stereocenters. The van der Waals surface area contributed by atoms with Crippen LogP contribution in [0.4, 0.5) is 5.69 Å². The second-order valence-electron chi connectivity index (χ2n) is 8.20. The van der Waals surface area contributed by atoms with Gasteiger partial charge in [0.2, 0.25) is 5.91 Å². The number of ether oxygens (including phenoxy) is 1. The molecule has 1 aliphatic rings. The number of hydrogen-bond donors (Lipinski definition) is 3. The first-order chi connectivity index (χ1) is 14.6. The molecule has 3 rings (SSSR count). The number of amides is 1. The Labute approximate surface area is 179 Å². The van der Waals surface area contributed by atoms with Crippen LogP contribution in [-0.4, -0.2) is 18.3 Å². The molecule has 2 aromatic rings. The number of carbonyl (C=O) groups excluding carboxylic acids is 1. The molecule has 30 heavy (non-hydrogen) atoms. The summed E-state index contributed by atoms with van der Waals surface area (Å²) in [5.41, 5.74) is 8.09. The number of aryl methyl sites for hydroxylation is 1. The van der Waals surface area contributed by atoms with Crippen LogP contribution in [-0.2, 0) is 22.6 Å². The minimum atomic E-state index is -0.759. The Bertz CT molecular complexity index is 814. The van der Waals surface area contributed by atoms with Gasteiger partial charge in [-0.1, -0.05) is 61.7 Å². The molecule has 5 nitrogen and oxygen atoms in total. The van der Waals surface area contributed by atoms with Crippen LogP contribution in [0.5, 0.6) is 0 Å². The first-order valence-electron chi connectivity index (χ1n) is 11.0. The Morgan fingerprint density at radius 1 is 0.933 bits per heavy atom. The molecule has 1 aliphatic carbocycles. The Morgan fingerprint density at radius 2 is 1.60 bits per heavy atom. The largest absolute Gasteiger partial charge is 0.387 e. The summed E-state index contributed by atoms with van der Waals surface area (Å²) in [6.45, 7) is 1.53. The topological polar surface area (TPSA) is 88.2 Å². The number of nitrogens with two attached hydrogens (primary N) is 1. The summed E-state index contributed by atoms with van der Waals surface area (Å²) >= 11 is 0. The highest BCUT2D eigenvalue weighted by atomic mass is 16.5. The van der Waals surface area contributed by atoms with Crippen molar-refractivity contribution in [2.75, 3.05) is 11.9 Å². The SMILES string of the molecule is N=C(N)C1(C(=O)Nc2ccc(CCCCCCCOCc3ccccc3)cc2)CC1. The zero-order chi connectivity index (χ0) is 21.2. The van der Waals surface area contributed by atoms with Crippen molar-refractivity contribution in [1.82, 2.24) is 0 Å². The smallest absolute Gasteiger partial charge is 0.238 e. The molecule has 1 amide bonds. The molecule has 4 N–H and O–H groups in total. The van der Waals surface area contributed by atoms with Crippen molar-refractivity contribution >= 4 is 17.4 Å². The number of nitrogens with one attached hydrogen (secondary N) is 2. The van der Waals surface area contributed by atoms with Crippen LogP contribution >= 0.6 is 0 Å². The zero-order valence-electron chi connectivity index (χ0n) is 17.7. The van der Waals surface area contributed by atoms with Gasteiger partial charge >= 0.3 is 0 Å². The maximum Gasteiger partial charge on any atom is 0.238 e. The number of rotatable bonds is 13. The summed E-state index contributed by atoms with van der Waals surface area (Å²) in [6, 6.07) is 18.3. The van der Waals surface area contributed by atoms with Crippen LogP contribution in [0.15, 0.2) is 54.6 Å². The van der Waals surface area contributed by atoms with E-state index in [0.717, 1.165) is 25.1 Å². The molecule has 0 bridgehead atoms. The average Bonchev–Trinajstić information content (AvgIpc) is 3.57. The monoisotopic (exact) mass is 407 g/mol. The highest BCUT2D eigenvalue weighted by Gasteiger charge is 2.53. The molecule has 0 aliphatic heterocycles. The fourth-order valence-corrected chi connectivity index (χ4v) is 3.58. The quantitative estimate of drug-likeness (QED) is 0.247. The highest BCUT2D eigenvalue weighted by molar-refractivity contribution is 6.13. The van der Waals surface area contributed by atoms with Crippen molar-refractivity contribution in [2.45, 2.75) is 58.0 Å². The van der Waals surface area contributed by atoms with E-state index in [-0.39, 0.29) is 11.7 Å². The van der Waals surface area contributed by atoms with E-state index in [0.29, 0.717) is 19.4 Å². The van der Waals surface area contributed by atoms with E-state index >= 15 is 0 Å². The number of amidine groups is 1. The fraction of sp³-hybridized carbons (Fsp3) is 0.440. The third-order valence-corrected chi connectivity index (χ3v) is 5.78. The molecule has 2 aromatic carbocycles. The van der Waals surface area contributed by atoms with Gasteiger partial charge in [-0.05, 0) is 55.4 Å². The van der Waals surface area contributed by atoms with Gasteiger partial charge in [0.05, 0.1) is 6.61 Å². The summed E-state index contributed by atoms with van der Waals surface area (Å²) in [4.78, 5) is 12.3. The Hall–Kier alpha value is -2.66. The number of hydrogen-bond acceptors (Lipinski definition) is 3. The van der Waals surface area contributed by atoms with Crippen molar-refractivity contribution < 1.29 is 9.53 Å². The van der Waals surface area contributed by atoms with E-state index in [1.165, 1.54) is 36.8 Å². The molecule has 0 spiro atoms. The molecular formula is C25H33N3O2. The summed E-state index contributed by atoms with van der Waals surface area (Å²) in [5.74, 6) is -0.185. The maximum absolute atomic E-state index is 12.3. The van der Waals surface area contributed by atoms with Gasteiger partial charge in [-0.15, -0.1) is 0 Å². The molecule has 0 heterocycles. The zero-order valence-corrected chi connectivity index (χ0v) is 17.7. The predicted molar refractivity (Wildman–Crippen MR) is 122 cm³/mol. The van der Waals surface area contributed by atoms with E-state index in [2.05, 4.69) is 29.6 Å². The number of benzene rings is 2. The van der Waals surface area contributed by atoms with Crippen molar-refractivity contribution in [2.24, 2.45) is 11.1 Å². The van der Waals surface area contributed by atoms with Gasteiger partial charge in [-0.3, -0.25) is 10.2 Å². The van der Waals surface area contributed by atoms with E-state index in [4.69, 9.17) is 15.9 Å². The second-order valence-corrected chi connectivity index (χ2v) is 8.20. The van der Waals surface area contributed by atoms with Crippen LogP contribution in [0.2, 0.25) is 0 Å². The average molecular weight is 408 g/mol. The normalized spacial score (nSPS) is 14.3. The Morgan fingerprint density at radius 3 is 2.27 bits per heavy atom. The fourth-order valence-electron chi connectivity index (χ4n) is 3.58. The van der Waals surface area contributed by atoms with Gasteiger partial charge < -0.3 is 15.8 Å². The summed E-state index contributed by atoms with van der Waals surface area (Å²) in [6.07, 6.45) is 8.34. The molecule has 5 heteroatoms. The van der Waals surface area contributed by atoms with E-state index in [9.17, 15) is 4.79 Å². The van der Waals surface area contributed by atoms with Crippen LogP contribution in [0.25, 0.3) is 0 Å². The maximum atomic E-state index is 12.3. The molecule has 0 unspecified atom stereocenters. The van der Waals surface area contributed by atoms with Crippen molar-refractivity contribution in [3.63, 3.8) is 0 Å². The molecular weight excluding hydrogens is 374 g/mol. The molecule has 0 radical (unpaired) electrons. The lowest BCUT2D eigenvalue weighted by Gasteiger charge is -2.13. The predicted octanol–water partition coefficient (Wildman–Crippen LogP) is 5.05. The van der Waals surface area contributed by atoms with Gasteiger partial charge in [0.15, 0.2) is 0 Å². The third-order valence-electron chi connectivity index (χ3n) is 5.78. The minimum Gasteiger partial charge on any atom is -0.387 e. The van der Waals surface area contributed by atoms with E-state index < -0.39 is 5.41 Å². The summed E-state index contributed by atoms with van der Waals surface area (Å²) < 4.78 is 5.72. The van der Waals surface area contributed by atoms with Gasteiger partial charge in [0.25, 0.3) is 0 Å². The molecule has 0 aromatic heterocycles. The second kappa shape index (κ2) is 10.9. The third kappa shape index (κ3) is 6.42. The molecule has 0 saturated heterocycles. The van der Waals surface area contributed by atoms with Crippen molar-refractivity contribution in [3.05, 3.63) is 65.7 Å². The van der Waals surface area contributed by atoms with E-state index in [1.807, 2.05) is 30.3 Å². The number of anilines is 1. The van der Waals surface area contributed by atoms with Crippen molar-refractivity contribution in [1.29, 1.82) is 5.41 Å². The van der Waals surface area contributed by atoms with Gasteiger partial charge in [-0.25, -0.2) is 0 Å². The lowest BCUT2D eigenvalue weighted by atomic mass is 10.0. The van der Waals surface area contributed by atoms with Gasteiger partial charge in [0, 0.05) is 12.3 Å². The van der Waals surface area contributed by atoms with Crippen molar-refractivity contribution in [3.8, 4) is 0 Å². The van der Waals surface area contributed by atoms with Crippen LogP contribution in [0.3, 0.4) is 0 Å². The van der Waals surface area contributed by atoms with Crippen LogP contribution in [0.1, 0.15) is 56.1 Å². The van der Waals surface area contributed by atoms with Crippen LogP contribution in [0, 0.1) is 10.8 Å². The highest BCUT2D eigenvalue weighted by Crippen LogP contribution is 2.46. The van der Waals surface area contributed by atoms with Crippen LogP contribution < -0.4 is 11.1 Å². The summed E-state index contributed by atoms with van der Waals surface area (Å²) in [7, 11) is 0. The van der Waals surface area contributed by atoms with E-state index in [1.54, 1.807) is 0 Å². The first-order valence-corrected chi connectivity index (χ1v) is 11.0. The number of unbranched alkanes of at least 4 members (excludes halogenated alkanes) is 4. The Kier molecular flexibility index (Phi) is 8.03. The minimum absolute atomic E-state index is 0.0284. The number of carbonyl (C=O) groups is 1. The molecule has 1 saturated carbocycles. The lowest BCUT2D eigenvalue weighted by Crippen LogP contribution is -2.35. The van der Waals surface area contributed by atoms with Gasteiger partial charge in [-0.2, -0.15) is 0 Å². The molecule has 160 valence electrons. The first kappa shape index (κ1) is 22.0. The Balaban J connectivity index is 1.23. The standard InChI is InChI=1S/C25H33N3O2/c26-23(27)25(16-17-25)24(29)28-22-14-12-20(13-15-22)9-5-2-1-3-8-18-30-19-21-10-6-4-7-11-21/h4,6-7,10-15H,1-3,5,8-9,16-19H2,(H3,26,27)(H,28,29). The lowest BCUT2D eigenvalue weighted by molar-refractivity contribution is -0.119. The summed E-state index contributed by atoms with van der Waals surface area (Å²) in [5, 5.41) is 10.5.